The predicted octanol–water partition coefficient (Wildman–Crippen LogP) is 3.46. The molecular weight excluding hydrogens is 289 g/mol. The maximum atomic E-state index is 13.5. The van der Waals surface area contributed by atoms with Crippen LogP contribution in [0.2, 0.25) is 5.15 Å². The molecule has 1 heterocycles. The second-order valence-corrected chi connectivity index (χ2v) is 5.60. The number of benzene rings is 1. The maximum absolute atomic E-state index is 13.5. The summed E-state index contributed by atoms with van der Waals surface area (Å²) in [6.45, 7) is 5.68. The smallest absolute Gasteiger partial charge is 0.130 e. The lowest BCUT2D eigenvalue weighted by atomic mass is 9.92. The number of nitrogens with zero attached hydrogens (tertiary/aromatic N) is 2. The van der Waals surface area contributed by atoms with Crippen molar-refractivity contribution in [2.45, 2.75) is 26.2 Å². The van der Waals surface area contributed by atoms with Gasteiger partial charge in [0.05, 0.1) is 5.69 Å². The zero-order valence-electron chi connectivity index (χ0n) is 12.7. The molecule has 21 heavy (non-hydrogen) atoms. The molecule has 5 heteroatoms. The first-order chi connectivity index (χ1) is 10.0. The van der Waals surface area contributed by atoms with Crippen molar-refractivity contribution in [2.24, 2.45) is 7.05 Å². The summed E-state index contributed by atoms with van der Waals surface area (Å²) in [4.78, 5) is 0. The van der Waals surface area contributed by atoms with Gasteiger partial charge in [0, 0.05) is 25.1 Å². The van der Waals surface area contributed by atoms with Gasteiger partial charge in [0.1, 0.15) is 11.0 Å². The van der Waals surface area contributed by atoms with E-state index in [0.29, 0.717) is 5.15 Å². The lowest BCUT2D eigenvalue weighted by Crippen LogP contribution is -2.23. The highest BCUT2D eigenvalue weighted by Gasteiger charge is 2.19. The highest BCUT2D eigenvalue weighted by molar-refractivity contribution is 6.30. The Hall–Kier alpha value is -1.39. The Morgan fingerprint density at radius 2 is 2.19 bits per heavy atom. The zero-order valence-corrected chi connectivity index (χ0v) is 13.4. The first-order valence-corrected chi connectivity index (χ1v) is 7.54. The normalized spacial score (nSPS) is 12.6. The van der Waals surface area contributed by atoms with Crippen molar-refractivity contribution in [3.63, 3.8) is 0 Å². The summed E-state index contributed by atoms with van der Waals surface area (Å²) < 4.78 is 15.2. The Balaban J connectivity index is 2.28. The van der Waals surface area contributed by atoms with Crippen molar-refractivity contribution in [3.05, 3.63) is 52.1 Å². The van der Waals surface area contributed by atoms with Gasteiger partial charge in [0.2, 0.25) is 0 Å². The van der Waals surface area contributed by atoms with Gasteiger partial charge in [0.15, 0.2) is 0 Å². The van der Waals surface area contributed by atoms with Crippen LogP contribution in [0, 0.1) is 12.7 Å². The summed E-state index contributed by atoms with van der Waals surface area (Å²) in [5.41, 5.74) is 2.95. The van der Waals surface area contributed by atoms with E-state index >= 15 is 0 Å². The molecule has 1 atom stereocenters. The van der Waals surface area contributed by atoms with Crippen molar-refractivity contribution in [3.8, 4) is 0 Å². The number of hydrogen-bond donors (Lipinski definition) is 1. The van der Waals surface area contributed by atoms with Gasteiger partial charge in [-0.05, 0) is 37.6 Å². The minimum absolute atomic E-state index is 0.168. The van der Waals surface area contributed by atoms with E-state index in [0.717, 1.165) is 36.3 Å². The Morgan fingerprint density at radius 3 is 2.76 bits per heavy atom. The van der Waals surface area contributed by atoms with Gasteiger partial charge in [-0.2, -0.15) is 5.10 Å². The second kappa shape index (κ2) is 7.05. The van der Waals surface area contributed by atoms with Gasteiger partial charge in [-0.25, -0.2) is 4.39 Å². The molecule has 0 bridgehead atoms. The largest absolute Gasteiger partial charge is 0.316 e. The third-order valence-corrected chi connectivity index (χ3v) is 4.15. The quantitative estimate of drug-likeness (QED) is 0.885. The highest BCUT2D eigenvalue weighted by Crippen LogP contribution is 2.27. The Labute approximate surface area is 130 Å². The standard InChI is InChI=1S/C16H21ClFN3/c1-4-19-10-13(12-6-5-7-14(18)8-12)9-15-11(2)20-21(3)16(15)17/h5-8,13,19H,4,9-10H2,1-3H3. The number of aryl methyl sites for hydroxylation is 2. The first-order valence-electron chi connectivity index (χ1n) is 7.17. The summed E-state index contributed by atoms with van der Waals surface area (Å²) in [5.74, 6) is -0.0379. The van der Waals surface area contributed by atoms with Crippen molar-refractivity contribution < 1.29 is 4.39 Å². The molecule has 1 aromatic heterocycles. The van der Waals surface area contributed by atoms with Crippen LogP contribution in [0.1, 0.15) is 29.7 Å². The maximum Gasteiger partial charge on any atom is 0.130 e. The van der Waals surface area contributed by atoms with Crippen molar-refractivity contribution in [1.82, 2.24) is 15.1 Å². The molecule has 0 radical (unpaired) electrons. The van der Waals surface area contributed by atoms with Crippen LogP contribution >= 0.6 is 11.6 Å². The number of nitrogens with one attached hydrogen (secondary N) is 1. The molecule has 0 amide bonds. The molecular formula is C16H21ClFN3. The summed E-state index contributed by atoms with van der Waals surface area (Å²) >= 11 is 6.32. The molecule has 1 aromatic carbocycles. The second-order valence-electron chi connectivity index (χ2n) is 5.24. The molecule has 0 fully saturated rings. The van der Waals surface area contributed by atoms with Crippen molar-refractivity contribution >= 4 is 11.6 Å². The molecule has 0 saturated heterocycles. The van der Waals surface area contributed by atoms with Crippen LogP contribution in [0.25, 0.3) is 0 Å². The van der Waals surface area contributed by atoms with E-state index < -0.39 is 0 Å². The molecule has 3 nitrogen and oxygen atoms in total. The molecule has 0 aliphatic carbocycles. The minimum Gasteiger partial charge on any atom is -0.316 e. The summed E-state index contributed by atoms with van der Waals surface area (Å²) in [5, 5.41) is 8.34. The van der Waals surface area contributed by atoms with E-state index in [1.165, 1.54) is 6.07 Å². The van der Waals surface area contributed by atoms with Crippen LogP contribution in [0.5, 0.6) is 0 Å². The Kier molecular flexibility index (Phi) is 5.37. The highest BCUT2D eigenvalue weighted by atomic mass is 35.5. The average molecular weight is 310 g/mol. The van der Waals surface area contributed by atoms with Crippen LogP contribution in [0.15, 0.2) is 24.3 Å². The number of hydrogen-bond acceptors (Lipinski definition) is 2. The molecule has 0 spiro atoms. The Morgan fingerprint density at radius 1 is 1.43 bits per heavy atom. The van der Waals surface area contributed by atoms with Gasteiger partial charge in [0.25, 0.3) is 0 Å². The molecule has 2 aromatic rings. The average Bonchev–Trinajstić information content (AvgIpc) is 2.69. The summed E-state index contributed by atoms with van der Waals surface area (Å²) in [7, 11) is 1.83. The van der Waals surface area contributed by atoms with Crippen LogP contribution in [0.4, 0.5) is 4.39 Å². The van der Waals surface area contributed by atoms with Gasteiger partial charge < -0.3 is 5.32 Å². The third kappa shape index (κ3) is 3.83. The van der Waals surface area contributed by atoms with E-state index in [-0.39, 0.29) is 11.7 Å². The minimum atomic E-state index is -0.206. The molecule has 1 N–H and O–H groups in total. The summed E-state index contributed by atoms with van der Waals surface area (Å²) in [6.07, 6.45) is 0.745. The topological polar surface area (TPSA) is 29.9 Å². The SMILES string of the molecule is CCNCC(Cc1c(C)nn(C)c1Cl)c1cccc(F)c1. The van der Waals surface area contributed by atoms with E-state index in [1.807, 2.05) is 20.0 Å². The number of aromatic nitrogens is 2. The fourth-order valence-corrected chi connectivity index (χ4v) is 2.79. The lowest BCUT2D eigenvalue weighted by Gasteiger charge is -2.18. The molecule has 0 aliphatic heterocycles. The fraction of sp³-hybridized carbons (Fsp3) is 0.438. The first kappa shape index (κ1) is 16.0. The molecule has 114 valence electrons. The van der Waals surface area contributed by atoms with E-state index in [4.69, 9.17) is 11.6 Å². The van der Waals surface area contributed by atoms with Crippen LogP contribution in [0.3, 0.4) is 0 Å². The lowest BCUT2D eigenvalue weighted by molar-refractivity contribution is 0.582. The zero-order chi connectivity index (χ0) is 15.4. The van der Waals surface area contributed by atoms with Crippen LogP contribution < -0.4 is 5.32 Å². The van der Waals surface area contributed by atoms with Gasteiger partial charge >= 0.3 is 0 Å². The monoisotopic (exact) mass is 309 g/mol. The van der Waals surface area contributed by atoms with E-state index in [1.54, 1.807) is 16.8 Å². The number of rotatable bonds is 6. The van der Waals surface area contributed by atoms with Gasteiger partial charge in [-0.1, -0.05) is 30.7 Å². The van der Waals surface area contributed by atoms with Gasteiger partial charge in [-0.15, -0.1) is 0 Å². The summed E-state index contributed by atoms with van der Waals surface area (Å²) in [6, 6.07) is 6.78. The van der Waals surface area contributed by atoms with Gasteiger partial charge in [-0.3, -0.25) is 4.68 Å². The van der Waals surface area contributed by atoms with Crippen molar-refractivity contribution in [2.75, 3.05) is 13.1 Å². The van der Waals surface area contributed by atoms with Crippen molar-refractivity contribution in [1.29, 1.82) is 0 Å². The number of halogens is 2. The molecule has 0 saturated carbocycles. The molecule has 0 aliphatic rings. The Bertz CT molecular complexity index is 610. The van der Waals surface area contributed by atoms with E-state index in [2.05, 4.69) is 17.3 Å². The number of likely N-dealkylation sites (N-methyl/N-ethyl adjacent to an activating group) is 1. The van der Waals surface area contributed by atoms with Crippen LogP contribution in [-0.4, -0.2) is 22.9 Å². The molecule has 1 unspecified atom stereocenters. The van der Waals surface area contributed by atoms with Crippen LogP contribution in [-0.2, 0) is 13.5 Å². The predicted molar refractivity (Wildman–Crippen MR) is 84.3 cm³/mol. The molecule has 2 rings (SSSR count). The van der Waals surface area contributed by atoms with E-state index in [9.17, 15) is 4.39 Å². The third-order valence-electron chi connectivity index (χ3n) is 3.68. The fourth-order valence-electron chi connectivity index (χ4n) is 2.54.